The van der Waals surface area contributed by atoms with Gasteiger partial charge in [-0.25, -0.2) is 0 Å². The Morgan fingerprint density at radius 1 is 1.03 bits per heavy atom. The highest BCUT2D eigenvalue weighted by molar-refractivity contribution is 7.18. The molecule has 1 aliphatic carbocycles. The zero-order chi connectivity index (χ0) is 20.4. The number of nitrogens with zero attached hydrogens (tertiary/aromatic N) is 3. The van der Waals surface area contributed by atoms with Crippen LogP contribution in [-0.4, -0.2) is 16.1 Å². The standard InChI is InChI=1S/C24H27N3OS/c1-24(2,3)20-14-12-18(13-15-20)21-25-26-23(29-21)27(22(28)19-10-7-11-19)16-17-8-5-4-6-9-17/h4-6,8-9,12-15,19H,7,10-11,16H2,1-3H3. The molecule has 0 N–H and O–H groups in total. The van der Waals surface area contributed by atoms with Crippen molar-refractivity contribution in [3.8, 4) is 10.6 Å². The summed E-state index contributed by atoms with van der Waals surface area (Å²) in [6.07, 6.45) is 3.09. The van der Waals surface area contributed by atoms with E-state index in [1.807, 2.05) is 35.2 Å². The number of anilines is 1. The van der Waals surface area contributed by atoms with E-state index in [0.717, 1.165) is 35.4 Å². The van der Waals surface area contributed by atoms with Crippen LogP contribution in [0.15, 0.2) is 54.6 Å². The number of carbonyl (C=O) groups excluding carboxylic acids is 1. The van der Waals surface area contributed by atoms with Crippen molar-refractivity contribution in [1.29, 1.82) is 0 Å². The lowest BCUT2D eigenvalue weighted by atomic mass is 9.84. The van der Waals surface area contributed by atoms with Crippen molar-refractivity contribution < 1.29 is 4.79 Å². The van der Waals surface area contributed by atoms with Crippen molar-refractivity contribution in [3.63, 3.8) is 0 Å². The van der Waals surface area contributed by atoms with Gasteiger partial charge >= 0.3 is 0 Å². The maximum Gasteiger partial charge on any atom is 0.232 e. The van der Waals surface area contributed by atoms with Crippen LogP contribution in [0.5, 0.6) is 0 Å². The molecule has 1 fully saturated rings. The number of aromatic nitrogens is 2. The summed E-state index contributed by atoms with van der Waals surface area (Å²) in [5.74, 6) is 0.294. The highest BCUT2D eigenvalue weighted by Gasteiger charge is 2.32. The molecular weight excluding hydrogens is 378 g/mol. The molecule has 1 aromatic heterocycles. The van der Waals surface area contributed by atoms with Gasteiger partial charge in [-0.05, 0) is 29.4 Å². The predicted octanol–water partition coefficient (Wildman–Crippen LogP) is 5.84. The maximum absolute atomic E-state index is 13.1. The molecule has 1 heterocycles. The molecule has 3 aromatic rings. The fraction of sp³-hybridized carbons (Fsp3) is 0.375. The van der Waals surface area contributed by atoms with Crippen LogP contribution >= 0.6 is 11.3 Å². The van der Waals surface area contributed by atoms with Crippen LogP contribution in [0.25, 0.3) is 10.6 Å². The van der Waals surface area contributed by atoms with Crippen molar-refractivity contribution in [2.75, 3.05) is 4.90 Å². The lowest BCUT2D eigenvalue weighted by molar-refractivity contribution is -0.124. The Balaban J connectivity index is 1.60. The Morgan fingerprint density at radius 3 is 2.31 bits per heavy atom. The second-order valence-corrected chi connectivity index (χ2v) is 9.71. The lowest BCUT2D eigenvalue weighted by Gasteiger charge is -2.30. The Morgan fingerprint density at radius 2 is 1.72 bits per heavy atom. The SMILES string of the molecule is CC(C)(C)c1ccc(-c2nnc(N(Cc3ccccc3)C(=O)C3CCC3)s2)cc1. The number of carbonyl (C=O) groups is 1. The second kappa shape index (κ2) is 8.07. The minimum absolute atomic E-state index is 0.118. The molecule has 5 heteroatoms. The third kappa shape index (κ3) is 4.40. The van der Waals surface area contributed by atoms with E-state index in [4.69, 9.17) is 0 Å². The van der Waals surface area contributed by atoms with Gasteiger partial charge in [-0.2, -0.15) is 0 Å². The average Bonchev–Trinajstić information content (AvgIpc) is 3.15. The van der Waals surface area contributed by atoms with Crippen LogP contribution in [0.4, 0.5) is 5.13 Å². The molecule has 0 bridgehead atoms. The normalized spacial score (nSPS) is 14.4. The summed E-state index contributed by atoms with van der Waals surface area (Å²) in [7, 11) is 0. The van der Waals surface area contributed by atoms with Crippen LogP contribution in [0.1, 0.15) is 51.2 Å². The molecule has 0 aliphatic heterocycles. The van der Waals surface area contributed by atoms with Gasteiger partial charge in [-0.1, -0.05) is 93.1 Å². The van der Waals surface area contributed by atoms with Crippen molar-refractivity contribution >= 4 is 22.4 Å². The van der Waals surface area contributed by atoms with Crippen molar-refractivity contribution in [2.45, 2.75) is 52.0 Å². The van der Waals surface area contributed by atoms with E-state index in [-0.39, 0.29) is 17.2 Å². The quantitative estimate of drug-likeness (QED) is 0.536. The van der Waals surface area contributed by atoms with Gasteiger partial charge in [0.2, 0.25) is 11.0 Å². The number of hydrogen-bond donors (Lipinski definition) is 0. The van der Waals surface area contributed by atoms with Gasteiger partial charge in [0, 0.05) is 11.5 Å². The molecule has 150 valence electrons. The van der Waals surface area contributed by atoms with Gasteiger partial charge in [0.1, 0.15) is 5.01 Å². The van der Waals surface area contributed by atoms with Gasteiger partial charge in [0.05, 0.1) is 6.54 Å². The van der Waals surface area contributed by atoms with Crippen molar-refractivity contribution in [2.24, 2.45) is 5.92 Å². The largest absolute Gasteiger partial charge is 0.282 e. The van der Waals surface area contributed by atoms with Crippen LogP contribution < -0.4 is 4.90 Å². The molecule has 0 saturated heterocycles. The van der Waals surface area contributed by atoms with E-state index >= 15 is 0 Å². The van der Waals surface area contributed by atoms with E-state index in [1.54, 1.807) is 0 Å². The topological polar surface area (TPSA) is 46.1 Å². The highest BCUT2D eigenvalue weighted by Crippen LogP contribution is 2.35. The first-order valence-corrected chi connectivity index (χ1v) is 11.0. The molecule has 0 radical (unpaired) electrons. The summed E-state index contributed by atoms with van der Waals surface area (Å²) in [4.78, 5) is 14.9. The first-order valence-electron chi connectivity index (χ1n) is 10.2. The van der Waals surface area contributed by atoms with E-state index in [0.29, 0.717) is 11.7 Å². The van der Waals surface area contributed by atoms with Gasteiger partial charge < -0.3 is 0 Å². The summed E-state index contributed by atoms with van der Waals surface area (Å²) in [6, 6.07) is 18.6. The zero-order valence-electron chi connectivity index (χ0n) is 17.3. The van der Waals surface area contributed by atoms with E-state index in [9.17, 15) is 4.79 Å². The zero-order valence-corrected chi connectivity index (χ0v) is 18.1. The molecule has 29 heavy (non-hydrogen) atoms. The first-order chi connectivity index (χ1) is 13.9. The van der Waals surface area contributed by atoms with Crippen LogP contribution in [0.2, 0.25) is 0 Å². The second-order valence-electron chi connectivity index (χ2n) is 8.75. The van der Waals surface area contributed by atoms with Crippen LogP contribution in [0, 0.1) is 5.92 Å². The highest BCUT2D eigenvalue weighted by atomic mass is 32.1. The van der Waals surface area contributed by atoms with Gasteiger partial charge in [-0.3, -0.25) is 9.69 Å². The molecule has 0 atom stereocenters. The number of benzene rings is 2. The molecule has 4 rings (SSSR count). The van der Waals surface area contributed by atoms with Crippen LogP contribution in [-0.2, 0) is 16.8 Å². The Kier molecular flexibility index (Phi) is 5.50. The third-order valence-corrected chi connectivity index (χ3v) is 6.54. The fourth-order valence-corrected chi connectivity index (χ4v) is 4.29. The molecule has 4 nitrogen and oxygen atoms in total. The Hall–Kier alpha value is -2.53. The molecule has 1 aliphatic rings. The van der Waals surface area contributed by atoms with E-state index in [1.165, 1.54) is 16.9 Å². The molecule has 1 amide bonds. The maximum atomic E-state index is 13.1. The third-order valence-electron chi connectivity index (χ3n) is 5.55. The van der Waals surface area contributed by atoms with E-state index < -0.39 is 0 Å². The first kappa shape index (κ1) is 19.8. The minimum atomic E-state index is 0.118. The van der Waals surface area contributed by atoms with Gasteiger partial charge in [0.25, 0.3) is 0 Å². The molecule has 1 saturated carbocycles. The van der Waals surface area contributed by atoms with Gasteiger partial charge in [-0.15, -0.1) is 10.2 Å². The summed E-state index contributed by atoms with van der Waals surface area (Å²) in [5.41, 5.74) is 3.55. The summed E-state index contributed by atoms with van der Waals surface area (Å²) >= 11 is 1.49. The number of rotatable bonds is 5. The summed E-state index contributed by atoms with van der Waals surface area (Å²) in [5, 5.41) is 10.3. The molecular formula is C24H27N3OS. The smallest absolute Gasteiger partial charge is 0.232 e. The summed E-state index contributed by atoms with van der Waals surface area (Å²) in [6.45, 7) is 7.16. The Bertz CT molecular complexity index is 969. The van der Waals surface area contributed by atoms with Crippen LogP contribution in [0.3, 0.4) is 0 Å². The van der Waals surface area contributed by atoms with Crippen molar-refractivity contribution in [1.82, 2.24) is 10.2 Å². The molecule has 2 aromatic carbocycles. The fourth-order valence-electron chi connectivity index (χ4n) is 3.44. The number of amides is 1. The monoisotopic (exact) mass is 405 g/mol. The summed E-state index contributed by atoms with van der Waals surface area (Å²) < 4.78 is 0. The lowest BCUT2D eigenvalue weighted by Crippen LogP contribution is -2.38. The van der Waals surface area contributed by atoms with Gasteiger partial charge in [0.15, 0.2) is 0 Å². The number of hydrogen-bond acceptors (Lipinski definition) is 4. The molecule has 0 spiro atoms. The average molecular weight is 406 g/mol. The van der Waals surface area contributed by atoms with E-state index in [2.05, 4.69) is 55.2 Å². The Labute approximate surface area is 176 Å². The predicted molar refractivity (Wildman–Crippen MR) is 119 cm³/mol. The molecule has 0 unspecified atom stereocenters. The minimum Gasteiger partial charge on any atom is -0.282 e. The van der Waals surface area contributed by atoms with Crippen molar-refractivity contribution in [3.05, 3.63) is 65.7 Å².